The molecular weight excluding hydrogens is 304 g/mol. The predicted octanol–water partition coefficient (Wildman–Crippen LogP) is 2.91. The Balaban J connectivity index is 1.70. The summed E-state index contributed by atoms with van der Waals surface area (Å²) in [6, 6.07) is 13.4. The van der Waals surface area contributed by atoms with E-state index in [0.717, 1.165) is 12.0 Å². The van der Waals surface area contributed by atoms with Gasteiger partial charge in [-0.1, -0.05) is 30.3 Å². The zero-order chi connectivity index (χ0) is 16.8. The van der Waals surface area contributed by atoms with Crippen molar-refractivity contribution in [2.75, 3.05) is 19.8 Å². The van der Waals surface area contributed by atoms with Gasteiger partial charge in [0.15, 0.2) is 0 Å². The van der Waals surface area contributed by atoms with Gasteiger partial charge in [0.1, 0.15) is 6.10 Å². The number of pyridine rings is 1. The number of nitrogens with zero attached hydrogens (tertiary/aromatic N) is 2. The molecule has 1 aliphatic rings. The van der Waals surface area contributed by atoms with E-state index in [9.17, 15) is 4.79 Å². The summed E-state index contributed by atoms with van der Waals surface area (Å²) in [6.07, 6.45) is 2.50. The van der Waals surface area contributed by atoms with E-state index >= 15 is 0 Å². The van der Waals surface area contributed by atoms with Crippen LogP contribution in [0.15, 0.2) is 48.7 Å². The zero-order valence-corrected chi connectivity index (χ0v) is 13.9. The van der Waals surface area contributed by atoms with Crippen molar-refractivity contribution >= 4 is 5.91 Å². The molecule has 2 heterocycles. The van der Waals surface area contributed by atoms with Crippen molar-refractivity contribution in [2.45, 2.75) is 26.0 Å². The van der Waals surface area contributed by atoms with Crippen molar-refractivity contribution in [3.8, 4) is 5.88 Å². The number of carbonyl (C=O) groups excluding carboxylic acids is 1. The quantitative estimate of drug-likeness (QED) is 0.819. The molecule has 1 aliphatic heterocycles. The van der Waals surface area contributed by atoms with E-state index < -0.39 is 0 Å². The van der Waals surface area contributed by atoms with Gasteiger partial charge in [0.2, 0.25) is 5.88 Å². The number of ether oxygens (including phenoxy) is 2. The molecule has 1 aromatic heterocycles. The van der Waals surface area contributed by atoms with Crippen LogP contribution in [0.5, 0.6) is 5.88 Å². The fourth-order valence-corrected chi connectivity index (χ4v) is 2.70. The highest BCUT2D eigenvalue weighted by molar-refractivity contribution is 5.94. The topological polar surface area (TPSA) is 51.7 Å². The molecule has 126 valence electrons. The second-order valence-corrected chi connectivity index (χ2v) is 5.79. The molecule has 0 saturated carbocycles. The van der Waals surface area contributed by atoms with Crippen LogP contribution < -0.4 is 4.74 Å². The average Bonchev–Trinajstić information content (AvgIpc) is 3.13. The van der Waals surface area contributed by atoms with Crippen LogP contribution in [0.3, 0.4) is 0 Å². The van der Waals surface area contributed by atoms with Crippen molar-refractivity contribution in [3.05, 3.63) is 59.8 Å². The van der Waals surface area contributed by atoms with Gasteiger partial charge in [-0.05, 0) is 18.6 Å². The lowest BCUT2D eigenvalue weighted by molar-refractivity contribution is 0.0751. The zero-order valence-electron chi connectivity index (χ0n) is 13.9. The second kappa shape index (κ2) is 7.93. The van der Waals surface area contributed by atoms with Crippen molar-refractivity contribution in [1.82, 2.24) is 9.88 Å². The van der Waals surface area contributed by atoms with Gasteiger partial charge in [-0.2, -0.15) is 0 Å². The highest BCUT2D eigenvalue weighted by Gasteiger charge is 2.19. The van der Waals surface area contributed by atoms with Crippen LogP contribution >= 0.6 is 0 Å². The van der Waals surface area contributed by atoms with Gasteiger partial charge < -0.3 is 14.4 Å². The highest BCUT2D eigenvalue weighted by Crippen LogP contribution is 2.17. The smallest absolute Gasteiger partial charge is 0.254 e. The first-order chi connectivity index (χ1) is 11.8. The van der Waals surface area contributed by atoms with Gasteiger partial charge >= 0.3 is 0 Å². The molecular formula is C19H22N2O3. The number of carbonyl (C=O) groups is 1. The molecule has 5 nitrogen and oxygen atoms in total. The molecule has 1 atom stereocenters. The number of hydrogen-bond donors (Lipinski definition) is 0. The third-order valence-electron chi connectivity index (χ3n) is 4.04. The first-order valence-corrected chi connectivity index (χ1v) is 8.30. The Labute approximate surface area is 142 Å². The minimum Gasteiger partial charge on any atom is -0.472 e. The molecule has 1 amide bonds. The Morgan fingerprint density at radius 1 is 1.33 bits per heavy atom. The van der Waals surface area contributed by atoms with Crippen LogP contribution in [0.1, 0.15) is 29.3 Å². The molecule has 0 radical (unpaired) electrons. The molecule has 0 spiro atoms. The Kier molecular flexibility index (Phi) is 5.43. The molecule has 2 aromatic rings. The number of benzene rings is 1. The van der Waals surface area contributed by atoms with Gasteiger partial charge in [0.25, 0.3) is 5.91 Å². The molecule has 0 bridgehead atoms. The standard InChI is InChI=1S/C19H22N2O3/c1-2-21(13-15-6-4-3-5-7-15)19(22)16-8-10-20-18(12-16)24-17-9-11-23-14-17/h3-8,10,12,17H,2,9,11,13-14H2,1H3. The van der Waals surface area contributed by atoms with Gasteiger partial charge in [0, 0.05) is 37.3 Å². The molecule has 1 saturated heterocycles. The first kappa shape index (κ1) is 16.5. The Morgan fingerprint density at radius 3 is 2.88 bits per heavy atom. The lowest BCUT2D eigenvalue weighted by atomic mass is 10.2. The second-order valence-electron chi connectivity index (χ2n) is 5.79. The molecule has 5 heteroatoms. The van der Waals surface area contributed by atoms with Gasteiger partial charge in [-0.3, -0.25) is 4.79 Å². The number of aromatic nitrogens is 1. The predicted molar refractivity (Wildman–Crippen MR) is 90.9 cm³/mol. The third-order valence-corrected chi connectivity index (χ3v) is 4.04. The maximum atomic E-state index is 12.8. The summed E-state index contributed by atoms with van der Waals surface area (Å²) in [5, 5.41) is 0. The number of amides is 1. The normalized spacial score (nSPS) is 16.8. The van der Waals surface area contributed by atoms with Crippen molar-refractivity contribution < 1.29 is 14.3 Å². The summed E-state index contributed by atoms with van der Waals surface area (Å²) in [7, 11) is 0. The molecule has 1 fully saturated rings. The summed E-state index contributed by atoms with van der Waals surface area (Å²) in [5.41, 5.74) is 1.71. The van der Waals surface area contributed by atoms with Gasteiger partial charge in [-0.25, -0.2) is 4.98 Å². The van der Waals surface area contributed by atoms with Crippen LogP contribution in [0, 0.1) is 0 Å². The summed E-state index contributed by atoms with van der Waals surface area (Å²) in [5.74, 6) is 0.461. The first-order valence-electron chi connectivity index (χ1n) is 8.30. The van der Waals surface area contributed by atoms with Crippen LogP contribution in [0.25, 0.3) is 0 Å². The van der Waals surface area contributed by atoms with Gasteiger partial charge in [-0.15, -0.1) is 0 Å². The summed E-state index contributed by atoms with van der Waals surface area (Å²) < 4.78 is 11.1. The van der Waals surface area contributed by atoms with Crippen molar-refractivity contribution in [3.63, 3.8) is 0 Å². The van der Waals surface area contributed by atoms with E-state index in [2.05, 4.69) is 4.98 Å². The summed E-state index contributed by atoms with van der Waals surface area (Å²) in [4.78, 5) is 18.8. The Bertz CT molecular complexity index is 669. The molecule has 1 aromatic carbocycles. The third kappa shape index (κ3) is 4.11. The van der Waals surface area contributed by atoms with Crippen LogP contribution in [-0.4, -0.2) is 41.7 Å². The van der Waals surface area contributed by atoms with Crippen LogP contribution in [0.4, 0.5) is 0 Å². The number of hydrogen-bond acceptors (Lipinski definition) is 4. The van der Waals surface area contributed by atoms with E-state index in [1.807, 2.05) is 42.2 Å². The molecule has 1 unspecified atom stereocenters. The maximum absolute atomic E-state index is 12.8. The average molecular weight is 326 g/mol. The van der Waals surface area contributed by atoms with Gasteiger partial charge in [0.05, 0.1) is 13.2 Å². The Morgan fingerprint density at radius 2 is 2.17 bits per heavy atom. The van der Waals surface area contributed by atoms with Crippen molar-refractivity contribution in [1.29, 1.82) is 0 Å². The lowest BCUT2D eigenvalue weighted by Crippen LogP contribution is -2.30. The fraction of sp³-hybridized carbons (Fsp3) is 0.368. The maximum Gasteiger partial charge on any atom is 0.254 e. The molecule has 0 aliphatic carbocycles. The monoisotopic (exact) mass is 326 g/mol. The van der Waals surface area contributed by atoms with E-state index in [-0.39, 0.29) is 12.0 Å². The summed E-state index contributed by atoms with van der Waals surface area (Å²) in [6.45, 7) is 4.50. The van der Waals surface area contributed by atoms with E-state index in [0.29, 0.717) is 37.7 Å². The van der Waals surface area contributed by atoms with E-state index in [1.165, 1.54) is 0 Å². The minimum atomic E-state index is -0.0173. The summed E-state index contributed by atoms with van der Waals surface area (Å²) >= 11 is 0. The minimum absolute atomic E-state index is 0.0173. The van der Waals surface area contributed by atoms with Crippen LogP contribution in [-0.2, 0) is 11.3 Å². The highest BCUT2D eigenvalue weighted by atomic mass is 16.5. The Hall–Kier alpha value is -2.40. The molecule has 24 heavy (non-hydrogen) atoms. The molecule has 0 N–H and O–H groups in total. The van der Waals surface area contributed by atoms with Crippen molar-refractivity contribution in [2.24, 2.45) is 0 Å². The van der Waals surface area contributed by atoms with E-state index in [4.69, 9.17) is 9.47 Å². The largest absolute Gasteiger partial charge is 0.472 e. The van der Waals surface area contributed by atoms with E-state index in [1.54, 1.807) is 18.3 Å². The fourth-order valence-electron chi connectivity index (χ4n) is 2.70. The SMILES string of the molecule is CCN(Cc1ccccc1)C(=O)c1ccnc(OC2CCOC2)c1. The van der Waals surface area contributed by atoms with Crippen LogP contribution in [0.2, 0.25) is 0 Å². The molecule has 3 rings (SSSR count). The number of rotatable bonds is 6. The lowest BCUT2D eigenvalue weighted by Gasteiger charge is -2.21.